The molecule has 1 aliphatic rings. The van der Waals surface area contributed by atoms with Crippen molar-refractivity contribution in [3.63, 3.8) is 0 Å². The highest BCUT2D eigenvalue weighted by Crippen LogP contribution is 2.35. The first-order chi connectivity index (χ1) is 11.3. The number of nitrogens with zero attached hydrogens (tertiary/aromatic N) is 3. The van der Waals surface area contributed by atoms with Gasteiger partial charge in [-0.3, -0.25) is 0 Å². The topological polar surface area (TPSA) is 47.9 Å². The fourth-order valence-electron chi connectivity index (χ4n) is 2.59. The summed E-state index contributed by atoms with van der Waals surface area (Å²) in [6.07, 6.45) is 4.14. The molecule has 23 heavy (non-hydrogen) atoms. The molecular weight excluding hydrogens is 333 g/mol. The Bertz CT molecular complexity index is 816. The third-order valence-electron chi connectivity index (χ3n) is 3.77. The molecule has 1 saturated heterocycles. The van der Waals surface area contributed by atoms with Crippen LogP contribution in [0.1, 0.15) is 12.8 Å². The van der Waals surface area contributed by atoms with Gasteiger partial charge in [-0.05, 0) is 48.6 Å². The Morgan fingerprint density at radius 3 is 2.91 bits per heavy atom. The van der Waals surface area contributed by atoms with Crippen LogP contribution in [0.2, 0.25) is 0 Å². The predicted octanol–water partition coefficient (Wildman–Crippen LogP) is 4.16. The number of ether oxygens (including phenoxy) is 1. The molecule has 4 nitrogen and oxygen atoms in total. The Kier molecular flexibility index (Phi) is 4.24. The van der Waals surface area contributed by atoms with Crippen molar-refractivity contribution in [1.82, 2.24) is 14.3 Å². The van der Waals surface area contributed by atoms with E-state index in [1.807, 2.05) is 0 Å². The van der Waals surface area contributed by atoms with Gasteiger partial charge in [0.2, 0.25) is 0 Å². The maximum atomic E-state index is 13.1. The summed E-state index contributed by atoms with van der Waals surface area (Å²) in [6, 6.07) is 6.33. The highest BCUT2D eigenvalue weighted by atomic mass is 32.2. The highest BCUT2D eigenvalue weighted by Gasteiger charge is 2.18. The lowest BCUT2D eigenvalue weighted by Gasteiger charge is -2.08. The van der Waals surface area contributed by atoms with E-state index in [4.69, 9.17) is 4.74 Å². The molecule has 0 N–H and O–H groups in total. The van der Waals surface area contributed by atoms with Crippen LogP contribution in [0.15, 0.2) is 35.6 Å². The molecule has 1 unspecified atom stereocenters. The molecule has 1 fully saturated rings. The fraction of sp³-hybridized carbons (Fsp3) is 0.312. The lowest BCUT2D eigenvalue weighted by atomic mass is 10.1. The number of halogens is 1. The van der Waals surface area contributed by atoms with Crippen LogP contribution in [-0.2, 0) is 4.74 Å². The first-order valence-electron chi connectivity index (χ1n) is 7.42. The van der Waals surface area contributed by atoms with E-state index < -0.39 is 0 Å². The zero-order valence-corrected chi connectivity index (χ0v) is 13.9. The number of thioether (sulfide) groups is 1. The van der Waals surface area contributed by atoms with Crippen molar-refractivity contribution >= 4 is 33.5 Å². The summed E-state index contributed by atoms with van der Waals surface area (Å²) in [5.74, 6) is 0.645. The van der Waals surface area contributed by atoms with Crippen LogP contribution in [0.5, 0.6) is 0 Å². The van der Waals surface area contributed by atoms with Crippen LogP contribution in [0.4, 0.5) is 4.39 Å². The Hall–Kier alpha value is -1.57. The monoisotopic (exact) mass is 347 g/mol. The summed E-state index contributed by atoms with van der Waals surface area (Å²) in [5, 5.41) is 0.941. The molecule has 0 saturated carbocycles. The molecule has 0 aliphatic carbocycles. The zero-order valence-electron chi connectivity index (χ0n) is 12.2. The van der Waals surface area contributed by atoms with E-state index in [1.54, 1.807) is 30.2 Å². The Balaban J connectivity index is 1.64. The second-order valence-electron chi connectivity index (χ2n) is 5.34. The lowest BCUT2D eigenvalue weighted by Crippen LogP contribution is -2.07. The van der Waals surface area contributed by atoms with Gasteiger partial charge in [-0.2, -0.15) is 4.37 Å². The van der Waals surface area contributed by atoms with Crippen molar-refractivity contribution < 1.29 is 9.13 Å². The second-order valence-corrected chi connectivity index (χ2v) is 7.12. The third-order valence-corrected chi connectivity index (χ3v) is 5.87. The Morgan fingerprint density at radius 1 is 1.26 bits per heavy atom. The first kappa shape index (κ1) is 15.0. The van der Waals surface area contributed by atoms with Crippen molar-refractivity contribution in [1.29, 1.82) is 0 Å². The summed E-state index contributed by atoms with van der Waals surface area (Å²) in [6.45, 7) is 0.861. The summed E-state index contributed by atoms with van der Waals surface area (Å²) < 4.78 is 24.2. The van der Waals surface area contributed by atoms with Crippen molar-refractivity contribution in [3.8, 4) is 11.3 Å². The van der Waals surface area contributed by atoms with Crippen molar-refractivity contribution in [2.45, 2.75) is 24.0 Å². The van der Waals surface area contributed by atoms with E-state index in [-0.39, 0.29) is 5.82 Å². The largest absolute Gasteiger partial charge is 0.377 e. The van der Waals surface area contributed by atoms with E-state index in [2.05, 4.69) is 14.3 Å². The van der Waals surface area contributed by atoms with E-state index >= 15 is 0 Å². The number of hydrogen-bond donors (Lipinski definition) is 0. The van der Waals surface area contributed by atoms with Crippen molar-refractivity contribution in [3.05, 3.63) is 36.4 Å². The normalized spacial score (nSPS) is 17.9. The minimum atomic E-state index is -0.254. The highest BCUT2D eigenvalue weighted by molar-refractivity contribution is 7.99. The standard InChI is InChI=1S/C16H14FN3OS2/c17-11-5-3-10(4-6-11)13-14-15(23-20-13)16(19-9-18-14)22-8-12-2-1-7-21-12/h3-6,9,12H,1-2,7-8H2. The van der Waals surface area contributed by atoms with Crippen LogP contribution < -0.4 is 0 Å². The zero-order chi connectivity index (χ0) is 15.6. The first-order valence-corrected chi connectivity index (χ1v) is 9.18. The minimum absolute atomic E-state index is 0.254. The van der Waals surface area contributed by atoms with Crippen molar-refractivity contribution in [2.24, 2.45) is 0 Å². The van der Waals surface area contributed by atoms with E-state index in [0.29, 0.717) is 6.10 Å². The molecule has 0 amide bonds. The molecule has 1 aliphatic heterocycles. The van der Waals surface area contributed by atoms with Gasteiger partial charge in [0.15, 0.2) is 0 Å². The third kappa shape index (κ3) is 3.08. The van der Waals surface area contributed by atoms with Gasteiger partial charge in [-0.1, -0.05) is 0 Å². The molecule has 0 radical (unpaired) electrons. The van der Waals surface area contributed by atoms with Gasteiger partial charge < -0.3 is 4.74 Å². The van der Waals surface area contributed by atoms with Gasteiger partial charge in [0, 0.05) is 17.9 Å². The molecule has 1 aromatic carbocycles. The molecule has 7 heteroatoms. The number of fused-ring (bicyclic) bond motifs is 1. The molecule has 1 atom stereocenters. The maximum absolute atomic E-state index is 13.1. The summed E-state index contributed by atoms with van der Waals surface area (Å²) >= 11 is 3.08. The van der Waals surface area contributed by atoms with Crippen LogP contribution in [0.25, 0.3) is 21.5 Å². The summed E-state index contributed by atoms with van der Waals surface area (Å²) in [5.41, 5.74) is 2.48. The molecular formula is C16H14FN3OS2. The van der Waals surface area contributed by atoms with Gasteiger partial charge in [0.25, 0.3) is 0 Å². The Morgan fingerprint density at radius 2 is 2.13 bits per heavy atom. The number of aromatic nitrogens is 3. The van der Waals surface area contributed by atoms with Crippen LogP contribution >= 0.6 is 23.3 Å². The van der Waals surface area contributed by atoms with Gasteiger partial charge in [-0.25, -0.2) is 14.4 Å². The summed E-state index contributed by atoms with van der Waals surface area (Å²) in [4.78, 5) is 8.77. The van der Waals surface area contributed by atoms with Crippen LogP contribution in [0, 0.1) is 5.82 Å². The van der Waals surface area contributed by atoms with E-state index in [9.17, 15) is 4.39 Å². The van der Waals surface area contributed by atoms with Gasteiger partial charge >= 0.3 is 0 Å². The maximum Gasteiger partial charge on any atom is 0.123 e. The number of rotatable bonds is 4. The van der Waals surface area contributed by atoms with Crippen LogP contribution in [0.3, 0.4) is 0 Å². The lowest BCUT2D eigenvalue weighted by molar-refractivity contribution is 0.129. The molecule has 4 rings (SSSR count). The molecule has 3 aromatic rings. The second kappa shape index (κ2) is 6.51. The van der Waals surface area contributed by atoms with Gasteiger partial charge in [-0.15, -0.1) is 11.8 Å². The molecule has 0 bridgehead atoms. The smallest absolute Gasteiger partial charge is 0.123 e. The SMILES string of the molecule is Fc1ccc(-c2nsc3c(SCC4CCCO4)ncnc23)cc1. The molecule has 118 valence electrons. The van der Waals surface area contributed by atoms with Gasteiger partial charge in [0.1, 0.15) is 33.1 Å². The van der Waals surface area contributed by atoms with Gasteiger partial charge in [0.05, 0.1) is 6.10 Å². The molecule has 2 aromatic heterocycles. The number of hydrogen-bond acceptors (Lipinski definition) is 6. The molecule has 0 spiro atoms. The van der Waals surface area contributed by atoms with E-state index in [1.165, 1.54) is 23.7 Å². The fourth-order valence-corrected chi connectivity index (χ4v) is 4.58. The predicted molar refractivity (Wildman–Crippen MR) is 90.3 cm³/mol. The van der Waals surface area contributed by atoms with E-state index in [0.717, 1.165) is 51.7 Å². The number of benzene rings is 1. The Labute approximate surface area is 141 Å². The quantitative estimate of drug-likeness (QED) is 0.524. The molecule has 3 heterocycles. The van der Waals surface area contributed by atoms with Crippen LogP contribution in [-0.4, -0.2) is 32.8 Å². The minimum Gasteiger partial charge on any atom is -0.377 e. The van der Waals surface area contributed by atoms with Crippen molar-refractivity contribution in [2.75, 3.05) is 12.4 Å². The average molecular weight is 347 g/mol. The summed E-state index contributed by atoms with van der Waals surface area (Å²) in [7, 11) is 0. The average Bonchev–Trinajstić information content (AvgIpc) is 3.23.